The molecule has 0 aliphatic carbocycles. The van der Waals surface area contributed by atoms with Crippen LogP contribution in [0.4, 0.5) is 11.4 Å². The molecule has 1 aliphatic rings. The maximum atomic E-state index is 10.7. The van der Waals surface area contributed by atoms with Crippen molar-refractivity contribution in [2.45, 2.75) is 47.1 Å². The van der Waals surface area contributed by atoms with Crippen molar-refractivity contribution >= 4 is 46.1 Å². The number of aromatic nitrogens is 4. The number of pyridine rings is 2. The monoisotopic (exact) mass is 661 g/mol. The van der Waals surface area contributed by atoms with E-state index in [1.54, 1.807) is 32.1 Å². The van der Waals surface area contributed by atoms with Crippen molar-refractivity contribution in [2.24, 2.45) is 0 Å². The normalized spacial score (nSPS) is 12.8. The molecule has 240 valence electrons. The maximum Gasteiger partial charge on any atom is 0.354 e. The quantitative estimate of drug-likeness (QED) is 0.194. The van der Waals surface area contributed by atoms with E-state index in [0.717, 1.165) is 12.6 Å². The maximum absolute atomic E-state index is 10.7. The average molecular weight is 662 g/mol. The largest absolute Gasteiger partial charge is 0.477 e. The summed E-state index contributed by atoms with van der Waals surface area (Å²) in [5.41, 5.74) is 0.694. The second kappa shape index (κ2) is 19.4. The molecule has 5 rings (SSSR count). The number of carbonyl (C=O) groups excluding carboxylic acids is 1. The first-order valence-corrected chi connectivity index (χ1v) is 14.2. The number of carboxylic acids is 1. The molecule has 45 heavy (non-hydrogen) atoms. The van der Waals surface area contributed by atoms with Crippen molar-refractivity contribution in [3.8, 4) is 0 Å². The smallest absolute Gasteiger partial charge is 0.354 e. The van der Waals surface area contributed by atoms with E-state index in [0.29, 0.717) is 35.1 Å². The van der Waals surface area contributed by atoms with E-state index in [-0.39, 0.29) is 16.4 Å². The Bertz CT molecular complexity index is 1650. The van der Waals surface area contributed by atoms with E-state index < -0.39 is 27.1 Å². The SMILES string of the molecule is C[C@H]1CC(=O)CN1.Cc1c[nH]c(=O)c([N+](=O)[O-])c1.Cc1cccs1.Cc1cncc([N+](=O)[O-])c1Cl.Cc1cncnc1C(=O)O. The number of nitro groups is 2. The fourth-order valence-electron chi connectivity index (χ4n) is 3.13. The molecule has 0 unspecified atom stereocenters. The first kappa shape index (κ1) is 38.1. The molecule has 1 saturated heterocycles. The molecule has 1 atom stereocenters. The van der Waals surface area contributed by atoms with Crippen molar-refractivity contribution < 1.29 is 24.5 Å². The van der Waals surface area contributed by atoms with Crippen LogP contribution in [0.1, 0.15) is 45.4 Å². The standard InChI is InChI=1S/C6H5ClN2O2.C6H6N2O3.C6H6N2O2.C5H9NO.C5H6S/c1-4-2-8-3-5(6(4)7)9(10)11;1-4-2-5(8(10)11)6(9)7-3-4;1-4-2-7-3-8-5(4)6(9)10;1-4-2-5(7)3-6-4;1-5-3-2-4-6-5/h2-3H,1H3;2-3H,1H3,(H,7,9);2-3H,1H3,(H,9,10);4,6H,2-3H2,1H3;2-4H,1H3/t;;;4-;/m...0./s1. The van der Waals surface area contributed by atoms with Gasteiger partial charge >= 0.3 is 22.9 Å². The number of halogens is 1. The number of Topliss-reactive ketones (excluding diaryl/α,β-unsaturated/α-hetero) is 1. The summed E-state index contributed by atoms with van der Waals surface area (Å²) < 4.78 is 0. The molecule has 0 radical (unpaired) electrons. The molecule has 4 aromatic rings. The van der Waals surface area contributed by atoms with Crippen LogP contribution in [0, 0.1) is 47.9 Å². The summed E-state index contributed by atoms with van der Waals surface area (Å²) in [6.45, 7) is 9.70. The third kappa shape index (κ3) is 14.4. The van der Waals surface area contributed by atoms with Gasteiger partial charge in [-0.05, 0) is 57.2 Å². The summed E-state index contributed by atoms with van der Waals surface area (Å²) in [6, 6.07) is 5.82. The highest BCUT2D eigenvalue weighted by atomic mass is 35.5. The number of ketones is 1. The molecular weight excluding hydrogens is 630 g/mol. The van der Waals surface area contributed by atoms with Gasteiger partial charge in [0.1, 0.15) is 23.3 Å². The van der Waals surface area contributed by atoms with Gasteiger partial charge in [-0.1, -0.05) is 17.7 Å². The molecule has 17 heteroatoms. The predicted octanol–water partition coefficient (Wildman–Crippen LogP) is 5.02. The van der Waals surface area contributed by atoms with Crippen LogP contribution in [0.15, 0.2) is 59.5 Å². The number of hydrogen-bond donors (Lipinski definition) is 3. The van der Waals surface area contributed by atoms with Crippen molar-refractivity contribution in [3.63, 3.8) is 0 Å². The van der Waals surface area contributed by atoms with Crippen molar-refractivity contribution in [3.05, 3.63) is 118 Å². The molecule has 1 fully saturated rings. The van der Waals surface area contributed by atoms with Crippen LogP contribution in [-0.2, 0) is 4.79 Å². The van der Waals surface area contributed by atoms with Crippen LogP contribution in [0.2, 0.25) is 5.02 Å². The number of nitrogens with one attached hydrogen (secondary N) is 2. The zero-order valence-electron chi connectivity index (χ0n) is 25.0. The number of carboxylic acid groups (broad SMARTS) is 1. The summed E-state index contributed by atoms with van der Waals surface area (Å²) in [6.07, 6.45) is 7.45. The van der Waals surface area contributed by atoms with Gasteiger partial charge in [0.15, 0.2) is 5.69 Å². The number of aromatic amines is 1. The molecule has 0 amide bonds. The van der Waals surface area contributed by atoms with E-state index in [2.05, 4.69) is 49.7 Å². The van der Waals surface area contributed by atoms with Gasteiger partial charge in [-0.25, -0.2) is 14.8 Å². The fourth-order valence-corrected chi connectivity index (χ4v) is 3.83. The summed E-state index contributed by atoms with van der Waals surface area (Å²) in [5.74, 6) is -0.674. The van der Waals surface area contributed by atoms with Gasteiger partial charge in [0, 0.05) is 47.6 Å². The number of hydrogen-bond acceptors (Lipinski definition) is 12. The Morgan fingerprint density at radius 3 is 2.04 bits per heavy atom. The summed E-state index contributed by atoms with van der Waals surface area (Å²) in [7, 11) is 0. The molecule has 4 aromatic heterocycles. The Balaban J connectivity index is 0.000000286. The number of rotatable bonds is 3. The highest BCUT2D eigenvalue weighted by molar-refractivity contribution is 7.09. The molecule has 0 spiro atoms. The third-order valence-corrected chi connectivity index (χ3v) is 6.69. The Labute approximate surface area is 266 Å². The molecule has 0 aromatic carbocycles. The molecule has 15 nitrogen and oxygen atoms in total. The second-order valence-electron chi connectivity index (χ2n) is 9.30. The highest BCUT2D eigenvalue weighted by Gasteiger charge is 2.15. The van der Waals surface area contributed by atoms with E-state index in [9.17, 15) is 34.6 Å². The second-order valence-corrected chi connectivity index (χ2v) is 10.8. The molecule has 1 aliphatic heterocycles. The van der Waals surface area contributed by atoms with Gasteiger partial charge in [-0.15, -0.1) is 11.3 Å². The van der Waals surface area contributed by atoms with Crippen LogP contribution in [0.25, 0.3) is 0 Å². The lowest BCUT2D eigenvalue weighted by atomic mass is 10.2. The minimum absolute atomic E-state index is 0.0648. The van der Waals surface area contributed by atoms with Gasteiger partial charge in [-0.2, -0.15) is 0 Å². The van der Waals surface area contributed by atoms with Gasteiger partial charge in [0.25, 0.3) is 0 Å². The molecule has 3 N–H and O–H groups in total. The van der Waals surface area contributed by atoms with E-state index >= 15 is 0 Å². The minimum atomic E-state index is -1.01. The first-order chi connectivity index (χ1) is 21.1. The van der Waals surface area contributed by atoms with E-state index in [1.807, 2.05) is 6.92 Å². The number of H-pyrrole nitrogens is 1. The lowest BCUT2D eigenvalue weighted by Gasteiger charge is -1.95. The number of carbonyl (C=O) groups is 2. The number of thiophene rings is 1. The van der Waals surface area contributed by atoms with Crippen LogP contribution < -0.4 is 10.9 Å². The minimum Gasteiger partial charge on any atom is -0.477 e. The molecule has 5 heterocycles. The average Bonchev–Trinajstić information content (AvgIpc) is 3.62. The summed E-state index contributed by atoms with van der Waals surface area (Å²) >= 11 is 7.38. The highest BCUT2D eigenvalue weighted by Crippen LogP contribution is 2.25. The van der Waals surface area contributed by atoms with Gasteiger partial charge in [0.2, 0.25) is 0 Å². The Morgan fingerprint density at radius 2 is 1.69 bits per heavy atom. The first-order valence-electron chi connectivity index (χ1n) is 13.0. The third-order valence-electron chi connectivity index (χ3n) is 5.40. The van der Waals surface area contributed by atoms with Crippen molar-refractivity contribution in [1.82, 2.24) is 25.3 Å². The van der Waals surface area contributed by atoms with Gasteiger partial charge in [0.05, 0.1) is 16.4 Å². The van der Waals surface area contributed by atoms with Gasteiger partial charge in [-0.3, -0.25) is 34.8 Å². The molecule has 0 bridgehead atoms. The lowest BCUT2D eigenvalue weighted by molar-refractivity contribution is -0.386. The number of nitrogens with zero attached hydrogens (tertiary/aromatic N) is 5. The fraction of sp³-hybridized carbons (Fsp3) is 0.286. The van der Waals surface area contributed by atoms with E-state index in [1.165, 1.54) is 35.9 Å². The number of aromatic carboxylic acids is 1. The van der Waals surface area contributed by atoms with E-state index in [4.69, 9.17) is 16.7 Å². The summed E-state index contributed by atoms with van der Waals surface area (Å²) in [4.78, 5) is 65.1. The summed E-state index contributed by atoms with van der Waals surface area (Å²) in [5, 5.41) is 34.1. The van der Waals surface area contributed by atoms with Crippen LogP contribution in [-0.4, -0.2) is 59.2 Å². The van der Waals surface area contributed by atoms with Crippen LogP contribution >= 0.6 is 22.9 Å². The zero-order valence-corrected chi connectivity index (χ0v) is 26.6. The predicted molar refractivity (Wildman–Crippen MR) is 169 cm³/mol. The zero-order chi connectivity index (χ0) is 34.1. The van der Waals surface area contributed by atoms with Crippen LogP contribution in [0.5, 0.6) is 0 Å². The lowest BCUT2D eigenvalue weighted by Crippen LogP contribution is -2.16. The Kier molecular flexibility index (Phi) is 16.4. The molecular formula is C28H32ClN7O8S. The topological polar surface area (TPSA) is 224 Å². The Hall–Kier alpha value is -4.93. The van der Waals surface area contributed by atoms with Crippen molar-refractivity contribution in [2.75, 3.05) is 6.54 Å². The molecule has 0 saturated carbocycles. The Morgan fingerprint density at radius 1 is 1.04 bits per heavy atom. The van der Waals surface area contributed by atoms with Crippen LogP contribution in [0.3, 0.4) is 0 Å². The number of aryl methyl sites for hydroxylation is 4. The van der Waals surface area contributed by atoms with Crippen molar-refractivity contribution in [1.29, 1.82) is 0 Å². The van der Waals surface area contributed by atoms with Gasteiger partial charge < -0.3 is 15.4 Å².